The molecule has 4 heteroatoms. The monoisotopic (exact) mass is 266 g/mol. The van der Waals surface area contributed by atoms with Gasteiger partial charge in [0.05, 0.1) is 7.11 Å². The van der Waals surface area contributed by atoms with Crippen molar-refractivity contribution in [3.05, 3.63) is 29.3 Å². The lowest BCUT2D eigenvalue weighted by molar-refractivity contribution is -0.163. The lowest BCUT2D eigenvalue weighted by Crippen LogP contribution is -2.42. The van der Waals surface area contributed by atoms with Gasteiger partial charge in [-0.25, -0.2) is 4.79 Å². The van der Waals surface area contributed by atoms with Crippen LogP contribution in [0.25, 0.3) is 0 Å². The summed E-state index contributed by atoms with van der Waals surface area (Å²) in [4.78, 5) is 11.4. The number of methoxy groups -OCH3 is 1. The maximum Gasteiger partial charge on any atom is 0.341 e. The number of hydrogen-bond donors (Lipinski definition) is 1. The molecule has 0 saturated heterocycles. The van der Waals surface area contributed by atoms with Gasteiger partial charge in [-0.2, -0.15) is 0 Å². The van der Waals surface area contributed by atoms with E-state index in [4.69, 9.17) is 4.74 Å². The van der Waals surface area contributed by atoms with Crippen molar-refractivity contribution in [2.75, 3.05) is 13.7 Å². The highest BCUT2D eigenvalue weighted by molar-refractivity contribution is 5.78. The van der Waals surface area contributed by atoms with E-state index >= 15 is 0 Å². The van der Waals surface area contributed by atoms with E-state index in [2.05, 4.69) is 18.6 Å². The van der Waals surface area contributed by atoms with Gasteiger partial charge in [0, 0.05) is 0 Å². The van der Waals surface area contributed by atoms with Crippen LogP contribution in [0.5, 0.6) is 5.75 Å². The molecule has 0 radical (unpaired) electrons. The molecule has 0 fully saturated rings. The number of esters is 1. The predicted octanol–water partition coefficient (Wildman–Crippen LogP) is 2.42. The molecule has 0 spiro atoms. The summed E-state index contributed by atoms with van der Waals surface area (Å²) in [6.07, 6.45) is 0. The van der Waals surface area contributed by atoms with Crippen LogP contribution < -0.4 is 4.74 Å². The third kappa shape index (κ3) is 3.96. The zero-order valence-electron chi connectivity index (χ0n) is 12.2. The highest BCUT2D eigenvalue weighted by Gasteiger charge is 2.32. The quantitative estimate of drug-likeness (QED) is 0.832. The summed E-state index contributed by atoms with van der Waals surface area (Å²) < 4.78 is 10.1. The molecule has 0 aliphatic carbocycles. The Morgan fingerprint density at radius 3 is 2.58 bits per heavy atom. The fourth-order valence-corrected chi connectivity index (χ4v) is 1.63. The molecule has 106 valence electrons. The number of carbonyl (C=O) groups excluding carboxylic acids is 1. The van der Waals surface area contributed by atoms with Gasteiger partial charge in [-0.3, -0.25) is 0 Å². The summed E-state index contributed by atoms with van der Waals surface area (Å²) in [6.45, 7) is 7.35. The molecular weight excluding hydrogens is 244 g/mol. The maximum atomic E-state index is 11.4. The van der Waals surface area contributed by atoms with Crippen molar-refractivity contribution in [2.45, 2.75) is 39.2 Å². The van der Waals surface area contributed by atoms with Crippen LogP contribution in [0, 0.1) is 6.92 Å². The Bertz CT molecular complexity index is 449. The van der Waals surface area contributed by atoms with E-state index in [0.29, 0.717) is 11.7 Å². The van der Waals surface area contributed by atoms with Gasteiger partial charge in [-0.15, -0.1) is 0 Å². The van der Waals surface area contributed by atoms with E-state index in [0.717, 1.165) is 11.1 Å². The molecule has 0 saturated carbocycles. The van der Waals surface area contributed by atoms with Crippen molar-refractivity contribution in [1.29, 1.82) is 0 Å². The second-order valence-electron chi connectivity index (χ2n) is 5.23. The summed E-state index contributed by atoms with van der Waals surface area (Å²) >= 11 is 0. The van der Waals surface area contributed by atoms with Crippen LogP contribution in [0.2, 0.25) is 0 Å². The van der Waals surface area contributed by atoms with Gasteiger partial charge in [0.2, 0.25) is 0 Å². The molecule has 0 aliphatic heterocycles. The molecule has 1 atom stereocenters. The molecule has 1 N–H and O–H groups in total. The van der Waals surface area contributed by atoms with Gasteiger partial charge in [0.1, 0.15) is 12.4 Å². The van der Waals surface area contributed by atoms with E-state index in [1.165, 1.54) is 14.0 Å². The van der Waals surface area contributed by atoms with E-state index in [1.54, 1.807) is 0 Å². The lowest BCUT2D eigenvalue weighted by Gasteiger charge is -2.21. The van der Waals surface area contributed by atoms with Gasteiger partial charge in [-0.05, 0) is 37.0 Å². The van der Waals surface area contributed by atoms with Crippen molar-refractivity contribution in [1.82, 2.24) is 0 Å². The van der Waals surface area contributed by atoms with Gasteiger partial charge in [0.15, 0.2) is 5.60 Å². The van der Waals surface area contributed by atoms with Gasteiger partial charge in [-0.1, -0.05) is 26.0 Å². The minimum atomic E-state index is -1.64. The first kappa shape index (κ1) is 15.5. The van der Waals surface area contributed by atoms with Crippen LogP contribution in [-0.2, 0) is 9.53 Å². The molecule has 0 aromatic heterocycles. The Hall–Kier alpha value is -1.55. The summed E-state index contributed by atoms with van der Waals surface area (Å²) in [5.74, 6) is 0.365. The molecular formula is C15H22O4. The highest BCUT2D eigenvalue weighted by atomic mass is 16.6. The minimum Gasteiger partial charge on any atom is -0.490 e. The van der Waals surface area contributed by atoms with Crippen LogP contribution in [-0.4, -0.2) is 30.4 Å². The van der Waals surface area contributed by atoms with E-state index < -0.39 is 11.6 Å². The summed E-state index contributed by atoms with van der Waals surface area (Å²) in [7, 11) is 1.24. The number of aryl methyl sites for hydroxylation is 1. The van der Waals surface area contributed by atoms with E-state index in [9.17, 15) is 9.90 Å². The Kier molecular flexibility index (Phi) is 4.95. The fraction of sp³-hybridized carbons (Fsp3) is 0.533. The maximum absolute atomic E-state index is 11.4. The third-order valence-corrected chi connectivity index (χ3v) is 3.01. The van der Waals surface area contributed by atoms with Gasteiger partial charge < -0.3 is 14.6 Å². The van der Waals surface area contributed by atoms with Gasteiger partial charge in [0.25, 0.3) is 0 Å². The molecule has 1 aromatic rings. The topological polar surface area (TPSA) is 55.8 Å². The minimum absolute atomic E-state index is 0.137. The van der Waals surface area contributed by atoms with Crippen molar-refractivity contribution in [3.63, 3.8) is 0 Å². The second kappa shape index (κ2) is 6.06. The third-order valence-electron chi connectivity index (χ3n) is 3.01. The zero-order valence-corrected chi connectivity index (χ0v) is 12.2. The first-order valence-corrected chi connectivity index (χ1v) is 6.32. The Balaban J connectivity index is 2.83. The molecule has 1 aromatic carbocycles. The SMILES string of the molecule is COC(=O)C(C)(O)COc1cc(C(C)C)ccc1C. The Morgan fingerprint density at radius 1 is 1.42 bits per heavy atom. The number of benzene rings is 1. The molecule has 1 rings (SSSR count). The molecule has 4 nitrogen and oxygen atoms in total. The van der Waals surface area contributed by atoms with Crippen LogP contribution in [0.4, 0.5) is 0 Å². The van der Waals surface area contributed by atoms with Crippen molar-refractivity contribution < 1.29 is 19.4 Å². The number of rotatable bonds is 5. The first-order chi connectivity index (χ1) is 8.77. The summed E-state index contributed by atoms with van der Waals surface area (Å²) in [6, 6.07) is 5.95. The van der Waals surface area contributed by atoms with E-state index in [-0.39, 0.29) is 6.61 Å². The smallest absolute Gasteiger partial charge is 0.341 e. The molecule has 0 bridgehead atoms. The normalized spacial score (nSPS) is 14.1. The standard InChI is InChI=1S/C15H22O4/c1-10(2)12-7-6-11(3)13(8-12)19-9-15(4,17)14(16)18-5/h6-8,10,17H,9H2,1-5H3. The van der Waals surface area contributed by atoms with Crippen LogP contribution in [0.3, 0.4) is 0 Å². The van der Waals surface area contributed by atoms with Gasteiger partial charge >= 0.3 is 5.97 Å². The average Bonchev–Trinajstić information content (AvgIpc) is 2.36. The molecule has 19 heavy (non-hydrogen) atoms. The van der Waals surface area contributed by atoms with Crippen molar-refractivity contribution in [2.24, 2.45) is 0 Å². The summed E-state index contributed by atoms with van der Waals surface area (Å²) in [5, 5.41) is 9.91. The van der Waals surface area contributed by atoms with Crippen LogP contribution >= 0.6 is 0 Å². The fourth-order valence-electron chi connectivity index (χ4n) is 1.63. The lowest BCUT2D eigenvalue weighted by atomic mass is 10.0. The summed E-state index contributed by atoms with van der Waals surface area (Å²) in [5.41, 5.74) is 0.470. The van der Waals surface area contributed by atoms with Crippen molar-refractivity contribution >= 4 is 5.97 Å². The Morgan fingerprint density at radius 2 is 2.05 bits per heavy atom. The molecule has 0 amide bonds. The average molecular weight is 266 g/mol. The zero-order chi connectivity index (χ0) is 14.6. The van der Waals surface area contributed by atoms with Crippen LogP contribution in [0.1, 0.15) is 37.8 Å². The second-order valence-corrected chi connectivity index (χ2v) is 5.23. The molecule has 1 unspecified atom stereocenters. The van der Waals surface area contributed by atoms with Crippen molar-refractivity contribution in [3.8, 4) is 5.75 Å². The van der Waals surface area contributed by atoms with E-state index in [1.807, 2.05) is 25.1 Å². The number of ether oxygens (including phenoxy) is 2. The highest BCUT2D eigenvalue weighted by Crippen LogP contribution is 2.25. The Labute approximate surface area is 114 Å². The molecule has 0 aliphatic rings. The first-order valence-electron chi connectivity index (χ1n) is 6.32. The predicted molar refractivity (Wildman–Crippen MR) is 73.4 cm³/mol. The number of hydrogen-bond acceptors (Lipinski definition) is 4. The molecule has 0 heterocycles. The number of aliphatic hydroxyl groups is 1. The number of carbonyl (C=O) groups is 1. The largest absolute Gasteiger partial charge is 0.490 e. The van der Waals surface area contributed by atoms with Crippen LogP contribution in [0.15, 0.2) is 18.2 Å².